The third-order valence-corrected chi connectivity index (χ3v) is 12.5. The number of hydrogen-bond donors (Lipinski definition) is 1. The third-order valence-electron chi connectivity index (χ3n) is 5.41. The Balaban J connectivity index is 0.00000625. The van der Waals surface area contributed by atoms with Crippen LogP contribution in [0.25, 0.3) is 0 Å². The molecule has 1 heterocycles. The van der Waals surface area contributed by atoms with E-state index < -0.39 is 48.1 Å². The number of β-lactam (4-membered cyclic amide) rings is 1. The number of rotatable bonds is 8. The zero-order chi connectivity index (χ0) is 19.6. The van der Waals surface area contributed by atoms with Crippen molar-refractivity contribution in [2.45, 2.75) is 57.5 Å². The van der Waals surface area contributed by atoms with Gasteiger partial charge in [0.15, 0.2) is 16.3 Å². The Hall–Kier alpha value is -0.463. The van der Waals surface area contributed by atoms with Crippen molar-refractivity contribution in [3.63, 3.8) is 0 Å². The average molecular weight is 417 g/mol. The van der Waals surface area contributed by atoms with Crippen molar-refractivity contribution in [1.82, 2.24) is 9.62 Å². The molecule has 0 radical (unpaired) electrons. The predicted molar refractivity (Wildman–Crippen MR) is 90.6 cm³/mol. The molecule has 0 saturated carbocycles. The van der Waals surface area contributed by atoms with Crippen LogP contribution in [0.4, 0.5) is 0 Å². The topological polar surface area (TPSA) is 133 Å². The van der Waals surface area contributed by atoms with Crippen LogP contribution >= 0.6 is 0 Å². The molecule has 26 heavy (non-hydrogen) atoms. The Labute approximate surface area is 177 Å². The van der Waals surface area contributed by atoms with Crippen LogP contribution in [0.15, 0.2) is 0 Å². The summed E-state index contributed by atoms with van der Waals surface area (Å²) in [7, 11) is -6.01. The first kappa shape index (κ1) is 25.5. The smallest absolute Gasteiger partial charge is 0.731 e. The van der Waals surface area contributed by atoms with Crippen molar-refractivity contribution >= 4 is 36.2 Å². The van der Waals surface area contributed by atoms with Gasteiger partial charge in [-0.2, -0.15) is 0 Å². The van der Waals surface area contributed by atoms with Crippen molar-refractivity contribution in [2.24, 2.45) is 5.92 Å². The molecule has 0 aromatic rings. The van der Waals surface area contributed by atoms with Gasteiger partial charge in [-0.3, -0.25) is 9.59 Å². The van der Waals surface area contributed by atoms with E-state index in [1.807, 2.05) is 6.92 Å². The van der Waals surface area contributed by atoms with Gasteiger partial charge in [-0.1, -0.05) is 38.9 Å². The van der Waals surface area contributed by atoms with Gasteiger partial charge in [-0.05, 0) is 6.92 Å². The molecule has 0 aromatic heterocycles. The summed E-state index contributed by atoms with van der Waals surface area (Å²) in [5.41, 5.74) is -0.163. The minimum Gasteiger partial charge on any atom is -0.731 e. The molecule has 0 aromatic carbocycles. The summed E-state index contributed by atoms with van der Waals surface area (Å²) in [6.45, 7) is 8.02. The van der Waals surface area contributed by atoms with Crippen LogP contribution in [0.3, 0.4) is 0 Å². The summed E-state index contributed by atoms with van der Waals surface area (Å²) >= 11 is 0. The second-order valence-corrected chi connectivity index (χ2v) is 13.2. The van der Waals surface area contributed by atoms with Gasteiger partial charge >= 0.3 is 35.5 Å². The van der Waals surface area contributed by atoms with Crippen LogP contribution in [0, 0.1) is 5.92 Å². The van der Waals surface area contributed by atoms with Crippen LogP contribution in [0.1, 0.15) is 27.7 Å². The van der Waals surface area contributed by atoms with E-state index >= 15 is 0 Å². The van der Waals surface area contributed by atoms with Gasteiger partial charge in [0.1, 0.15) is 5.92 Å². The maximum Gasteiger partial charge on any atom is 1.00 e. The minimum absolute atomic E-state index is 0. The van der Waals surface area contributed by atoms with Crippen LogP contribution in [0.5, 0.6) is 0 Å². The van der Waals surface area contributed by atoms with Gasteiger partial charge in [0.2, 0.25) is 5.91 Å². The first-order valence-electron chi connectivity index (χ1n) is 8.18. The number of carbonyl (C=O) groups excluding carboxylic acids is 3. The molecule has 1 saturated heterocycles. The normalized spacial score (nSPS) is 21.3. The van der Waals surface area contributed by atoms with E-state index in [1.54, 1.807) is 0 Å². The maximum absolute atomic E-state index is 12.5. The third kappa shape index (κ3) is 4.68. The zero-order valence-corrected chi connectivity index (χ0v) is 19.9. The van der Waals surface area contributed by atoms with Crippen LogP contribution < -0.4 is 34.9 Å². The fourth-order valence-electron chi connectivity index (χ4n) is 3.44. The van der Waals surface area contributed by atoms with Crippen molar-refractivity contribution < 1.29 is 61.6 Å². The van der Waals surface area contributed by atoms with E-state index in [0.717, 1.165) is 25.2 Å². The summed E-state index contributed by atoms with van der Waals surface area (Å²) in [6.07, 6.45) is 0. The van der Waals surface area contributed by atoms with Crippen molar-refractivity contribution in [1.29, 1.82) is 0 Å². The van der Waals surface area contributed by atoms with Crippen molar-refractivity contribution in [3.05, 3.63) is 0 Å². The Morgan fingerprint density at radius 3 is 2.08 bits per heavy atom. The Morgan fingerprint density at radius 1 is 1.27 bits per heavy atom. The minimum atomic E-state index is -5.20. The molecule has 144 valence electrons. The Bertz CT molecular complexity index is 645. The Morgan fingerprint density at radius 2 is 1.73 bits per heavy atom. The summed E-state index contributed by atoms with van der Waals surface area (Å²) in [6, 6.07) is 1.05. The number of nitrogens with one attached hydrogen (secondary N) is 1. The van der Waals surface area contributed by atoms with E-state index in [2.05, 4.69) is 30.8 Å². The molecule has 0 aliphatic carbocycles. The quantitative estimate of drug-likeness (QED) is 0.147. The van der Waals surface area contributed by atoms with Gasteiger partial charge in [0, 0.05) is 5.67 Å². The van der Waals surface area contributed by atoms with E-state index in [4.69, 9.17) is 0 Å². The molecule has 3 atom stereocenters. The van der Waals surface area contributed by atoms with E-state index in [1.165, 1.54) is 0 Å². The number of esters is 1. The molecule has 9 nitrogen and oxygen atoms in total. The van der Waals surface area contributed by atoms with Gasteiger partial charge in [0.05, 0.1) is 15.2 Å². The average Bonchev–Trinajstić information content (AvgIpc) is 2.52. The number of carbonyl (C=O) groups is 3. The molecule has 1 fully saturated rings. The number of hydrogen-bond acceptors (Lipinski definition) is 7. The molecule has 0 bridgehead atoms. The standard InChI is InChI=1S/C14H26N2O7SSi.Na/c1-6-25(7-2,8-3)9(4)15-12(17)10-11(14(19)23-5)16(13(10)18)24(20,21)22;/h9-11H,6-8H2,1-5H3,(H,15,17)(H,20,21,22);/q;+1/p-1. The van der Waals surface area contributed by atoms with Gasteiger partial charge in [-0.15, -0.1) is 0 Å². The molecular weight excluding hydrogens is 391 g/mol. The molecule has 1 rings (SSSR count). The fraction of sp³-hybridized carbons (Fsp3) is 0.786. The van der Waals surface area contributed by atoms with Crippen LogP contribution in [-0.4, -0.2) is 62.0 Å². The molecule has 1 N–H and O–H groups in total. The molecule has 1 aliphatic rings. The largest absolute Gasteiger partial charge is 1.00 e. The van der Waals surface area contributed by atoms with Gasteiger partial charge in [-0.25, -0.2) is 17.5 Å². The van der Waals surface area contributed by atoms with E-state index in [-0.39, 0.29) is 39.5 Å². The summed E-state index contributed by atoms with van der Waals surface area (Å²) < 4.78 is 37.8. The van der Waals surface area contributed by atoms with Gasteiger partial charge < -0.3 is 14.6 Å². The number of methoxy groups -OCH3 is 1. The van der Waals surface area contributed by atoms with E-state index in [9.17, 15) is 27.4 Å². The maximum atomic E-state index is 12.5. The number of ether oxygens (including phenoxy) is 1. The zero-order valence-electron chi connectivity index (χ0n) is 16.1. The van der Waals surface area contributed by atoms with Crippen LogP contribution in [0.2, 0.25) is 18.1 Å². The number of nitrogens with zero attached hydrogens (tertiary/aromatic N) is 1. The summed E-state index contributed by atoms with van der Waals surface area (Å²) in [4.78, 5) is 36.3. The Kier molecular flexibility index (Phi) is 9.48. The fourth-order valence-corrected chi connectivity index (χ4v) is 8.05. The van der Waals surface area contributed by atoms with Gasteiger partial charge in [0.25, 0.3) is 5.91 Å². The van der Waals surface area contributed by atoms with Crippen molar-refractivity contribution in [3.8, 4) is 0 Å². The predicted octanol–water partition coefficient (Wildman–Crippen LogP) is -3.00. The van der Waals surface area contributed by atoms with E-state index in [0.29, 0.717) is 0 Å². The molecular formula is C14H25N2NaO7SSi. The molecule has 2 amide bonds. The number of amides is 2. The molecule has 0 spiro atoms. The van der Waals surface area contributed by atoms with Crippen molar-refractivity contribution in [2.75, 3.05) is 7.11 Å². The molecule has 12 heteroatoms. The summed E-state index contributed by atoms with van der Waals surface area (Å²) in [5, 5.41) is 2.76. The summed E-state index contributed by atoms with van der Waals surface area (Å²) in [5.74, 6) is -4.63. The monoisotopic (exact) mass is 416 g/mol. The van der Waals surface area contributed by atoms with Crippen LogP contribution in [-0.2, 0) is 29.4 Å². The molecule has 1 aliphatic heterocycles. The molecule has 3 unspecified atom stereocenters. The first-order chi connectivity index (χ1) is 11.5. The first-order valence-corrected chi connectivity index (χ1v) is 12.2. The SMILES string of the molecule is CC[Si](CC)(CC)C(C)NC(=O)C1C(=O)N(S(=O)(=O)[O-])C1C(=O)OC.[Na+]. The second-order valence-electron chi connectivity index (χ2n) is 6.19. The second kappa shape index (κ2) is 9.65.